The summed E-state index contributed by atoms with van der Waals surface area (Å²) in [6, 6.07) is 10.7. The Labute approximate surface area is 135 Å². The Morgan fingerprint density at radius 1 is 1.14 bits per heavy atom. The fourth-order valence-corrected chi connectivity index (χ4v) is 2.27. The van der Waals surface area contributed by atoms with Gasteiger partial charge in [0, 0.05) is 16.1 Å². The average molecular weight is 343 g/mol. The Morgan fingerprint density at radius 3 is 2.55 bits per heavy atom. The summed E-state index contributed by atoms with van der Waals surface area (Å²) in [7, 11) is 0. The lowest BCUT2D eigenvalue weighted by molar-refractivity contribution is -0.0499. The molecule has 0 heterocycles. The van der Waals surface area contributed by atoms with Crippen LogP contribution in [0, 0.1) is 0 Å². The predicted octanol–water partition coefficient (Wildman–Crippen LogP) is 5.49. The van der Waals surface area contributed by atoms with Crippen LogP contribution in [-0.4, -0.2) is 12.4 Å². The zero-order chi connectivity index (χ0) is 16.1. The van der Waals surface area contributed by atoms with Crippen LogP contribution < -0.4 is 4.74 Å². The fraction of sp³-hybridized carbons (Fsp3) is 0.0625. The van der Waals surface area contributed by atoms with Crippen LogP contribution in [0.2, 0.25) is 10.0 Å². The quantitative estimate of drug-likeness (QED) is 0.530. The van der Waals surface area contributed by atoms with Gasteiger partial charge in [0.1, 0.15) is 5.75 Å². The molecule has 2 rings (SSSR count). The Kier molecular flexibility index (Phi) is 5.52. The van der Waals surface area contributed by atoms with Gasteiger partial charge in [0.2, 0.25) is 0 Å². The number of hydrogen-bond donors (Lipinski definition) is 0. The molecule has 0 aliphatic heterocycles. The standard InChI is InChI=1S/C16H10Cl2F2O2/c17-11-6-7-12(13(18)9-11)14(21)8-5-10-3-1-2-4-15(10)22-16(19)20/h1-9,16H. The number of halogens is 4. The first-order valence-electron chi connectivity index (χ1n) is 6.18. The smallest absolute Gasteiger partial charge is 0.387 e. The van der Waals surface area contributed by atoms with Crippen LogP contribution in [0.15, 0.2) is 48.5 Å². The Bertz CT molecular complexity index is 715. The molecule has 6 heteroatoms. The third-order valence-corrected chi connectivity index (χ3v) is 3.29. The number of ketones is 1. The van der Waals surface area contributed by atoms with Gasteiger partial charge in [-0.2, -0.15) is 8.78 Å². The molecule has 0 unspecified atom stereocenters. The highest BCUT2D eigenvalue weighted by Gasteiger charge is 2.10. The van der Waals surface area contributed by atoms with E-state index in [2.05, 4.69) is 4.74 Å². The largest absolute Gasteiger partial charge is 0.434 e. The van der Waals surface area contributed by atoms with Crippen LogP contribution in [0.3, 0.4) is 0 Å². The van der Waals surface area contributed by atoms with Gasteiger partial charge in [0.15, 0.2) is 5.78 Å². The van der Waals surface area contributed by atoms with E-state index in [4.69, 9.17) is 23.2 Å². The van der Waals surface area contributed by atoms with Crippen molar-refractivity contribution in [1.82, 2.24) is 0 Å². The number of carbonyl (C=O) groups is 1. The van der Waals surface area contributed by atoms with Crippen LogP contribution in [0.5, 0.6) is 5.75 Å². The van der Waals surface area contributed by atoms with Gasteiger partial charge in [0.05, 0.1) is 5.02 Å². The summed E-state index contributed by atoms with van der Waals surface area (Å²) >= 11 is 11.7. The molecule has 2 aromatic carbocycles. The summed E-state index contributed by atoms with van der Waals surface area (Å²) in [4.78, 5) is 12.1. The van der Waals surface area contributed by atoms with Crippen molar-refractivity contribution < 1.29 is 18.3 Å². The van der Waals surface area contributed by atoms with Crippen LogP contribution in [0.25, 0.3) is 6.08 Å². The van der Waals surface area contributed by atoms with Gasteiger partial charge in [-0.05, 0) is 36.4 Å². The van der Waals surface area contributed by atoms with Crippen LogP contribution in [-0.2, 0) is 0 Å². The second-order valence-electron chi connectivity index (χ2n) is 4.24. The molecule has 0 saturated carbocycles. The maximum Gasteiger partial charge on any atom is 0.387 e. The molecule has 114 valence electrons. The number of alkyl halides is 2. The summed E-state index contributed by atoms with van der Waals surface area (Å²) in [5, 5.41) is 0.639. The van der Waals surface area contributed by atoms with Gasteiger partial charge in [-0.15, -0.1) is 0 Å². The van der Waals surface area contributed by atoms with Gasteiger partial charge < -0.3 is 4.74 Å². The molecule has 0 aliphatic carbocycles. The van der Waals surface area contributed by atoms with Crippen molar-refractivity contribution in [3.05, 3.63) is 69.7 Å². The Balaban J connectivity index is 2.23. The summed E-state index contributed by atoms with van der Waals surface area (Å²) in [5.74, 6) is -0.378. The van der Waals surface area contributed by atoms with Crippen molar-refractivity contribution >= 4 is 35.1 Å². The zero-order valence-electron chi connectivity index (χ0n) is 11.1. The minimum Gasteiger partial charge on any atom is -0.434 e. The van der Waals surface area contributed by atoms with Crippen molar-refractivity contribution in [3.8, 4) is 5.75 Å². The zero-order valence-corrected chi connectivity index (χ0v) is 12.6. The first-order valence-corrected chi connectivity index (χ1v) is 6.94. The third kappa shape index (κ3) is 4.29. The molecule has 0 N–H and O–H groups in total. The molecule has 2 aromatic rings. The van der Waals surface area contributed by atoms with Gasteiger partial charge >= 0.3 is 6.61 Å². The molecule has 2 nitrogen and oxygen atoms in total. The summed E-state index contributed by atoms with van der Waals surface area (Å²) in [6.07, 6.45) is 2.63. The van der Waals surface area contributed by atoms with E-state index in [0.29, 0.717) is 10.6 Å². The van der Waals surface area contributed by atoms with E-state index in [1.165, 1.54) is 30.4 Å². The molecule has 0 spiro atoms. The normalized spacial score (nSPS) is 11.1. The van der Waals surface area contributed by atoms with Gasteiger partial charge in [0.25, 0.3) is 0 Å². The molecule has 0 bridgehead atoms. The molecule has 0 atom stereocenters. The number of carbonyl (C=O) groups excluding carboxylic acids is 1. The maximum absolute atomic E-state index is 12.3. The Hall–Kier alpha value is -1.91. The maximum atomic E-state index is 12.3. The molecule has 0 aliphatic rings. The summed E-state index contributed by atoms with van der Waals surface area (Å²) in [6.45, 7) is -2.93. The van der Waals surface area contributed by atoms with Crippen molar-refractivity contribution in [2.75, 3.05) is 0 Å². The van der Waals surface area contributed by atoms with E-state index in [-0.39, 0.29) is 22.1 Å². The number of para-hydroxylation sites is 1. The van der Waals surface area contributed by atoms with Crippen molar-refractivity contribution in [1.29, 1.82) is 0 Å². The SMILES string of the molecule is O=C(C=Cc1ccccc1OC(F)F)c1ccc(Cl)cc1Cl. The number of ether oxygens (including phenoxy) is 1. The van der Waals surface area contributed by atoms with E-state index in [9.17, 15) is 13.6 Å². The minimum absolute atomic E-state index is 0.0104. The van der Waals surface area contributed by atoms with E-state index in [0.717, 1.165) is 0 Å². The highest BCUT2D eigenvalue weighted by Crippen LogP contribution is 2.24. The highest BCUT2D eigenvalue weighted by atomic mass is 35.5. The van der Waals surface area contributed by atoms with Crippen molar-refractivity contribution in [2.45, 2.75) is 6.61 Å². The predicted molar refractivity (Wildman–Crippen MR) is 82.9 cm³/mol. The van der Waals surface area contributed by atoms with E-state index in [1.807, 2.05) is 0 Å². The molecule has 0 amide bonds. The molecular weight excluding hydrogens is 333 g/mol. The first-order chi connectivity index (χ1) is 10.5. The number of rotatable bonds is 5. The van der Waals surface area contributed by atoms with Crippen molar-refractivity contribution in [2.24, 2.45) is 0 Å². The van der Waals surface area contributed by atoms with Crippen LogP contribution >= 0.6 is 23.2 Å². The number of allylic oxidation sites excluding steroid dienone is 1. The average Bonchev–Trinajstić information content (AvgIpc) is 2.45. The summed E-state index contributed by atoms with van der Waals surface area (Å²) in [5.41, 5.74) is 0.635. The van der Waals surface area contributed by atoms with Crippen molar-refractivity contribution in [3.63, 3.8) is 0 Å². The van der Waals surface area contributed by atoms with E-state index in [1.54, 1.807) is 24.3 Å². The minimum atomic E-state index is -2.93. The molecule has 0 fully saturated rings. The molecular formula is C16H10Cl2F2O2. The second-order valence-corrected chi connectivity index (χ2v) is 5.08. The van der Waals surface area contributed by atoms with E-state index < -0.39 is 6.61 Å². The number of benzene rings is 2. The lowest BCUT2D eigenvalue weighted by Crippen LogP contribution is -2.03. The van der Waals surface area contributed by atoms with Crippen LogP contribution in [0.4, 0.5) is 8.78 Å². The Morgan fingerprint density at radius 2 is 1.86 bits per heavy atom. The van der Waals surface area contributed by atoms with Gasteiger partial charge in [-0.25, -0.2) is 0 Å². The summed E-state index contributed by atoms with van der Waals surface area (Å²) < 4.78 is 29.0. The van der Waals surface area contributed by atoms with Gasteiger partial charge in [-0.1, -0.05) is 41.4 Å². The molecule has 0 radical (unpaired) electrons. The third-order valence-electron chi connectivity index (χ3n) is 2.75. The lowest BCUT2D eigenvalue weighted by atomic mass is 10.1. The first kappa shape index (κ1) is 16.5. The topological polar surface area (TPSA) is 26.3 Å². The number of hydrogen-bond acceptors (Lipinski definition) is 2. The fourth-order valence-electron chi connectivity index (χ4n) is 1.77. The van der Waals surface area contributed by atoms with E-state index >= 15 is 0 Å². The molecule has 22 heavy (non-hydrogen) atoms. The second kappa shape index (κ2) is 7.38. The van der Waals surface area contributed by atoms with Gasteiger partial charge in [-0.3, -0.25) is 4.79 Å². The highest BCUT2D eigenvalue weighted by molar-refractivity contribution is 6.37. The molecule has 0 aromatic heterocycles. The van der Waals surface area contributed by atoms with Crippen LogP contribution in [0.1, 0.15) is 15.9 Å². The molecule has 0 saturated heterocycles. The lowest BCUT2D eigenvalue weighted by Gasteiger charge is -2.07. The monoisotopic (exact) mass is 342 g/mol.